The number of nitrogens with one attached hydrogen (secondary N) is 1. The molecule has 7 heteroatoms. The number of carboxylic acid groups (broad SMARTS) is 1. The summed E-state index contributed by atoms with van der Waals surface area (Å²) < 4.78 is 5.23. The van der Waals surface area contributed by atoms with Crippen molar-refractivity contribution in [3.05, 3.63) is 40.5 Å². The highest BCUT2D eigenvalue weighted by molar-refractivity contribution is 6.30. The SMILES string of the molecule is CCc1nc(Nc2ccc(Cl)cc2)nc(OCC(=O)O)c1C. The summed E-state index contributed by atoms with van der Waals surface area (Å²) in [6.45, 7) is 3.33. The number of ether oxygens (including phenoxy) is 1. The Morgan fingerprint density at radius 1 is 1.32 bits per heavy atom. The van der Waals surface area contributed by atoms with Crippen LogP contribution >= 0.6 is 11.6 Å². The largest absolute Gasteiger partial charge is 0.479 e. The molecule has 0 spiro atoms. The molecule has 1 aromatic carbocycles. The summed E-state index contributed by atoms with van der Waals surface area (Å²) in [4.78, 5) is 19.3. The van der Waals surface area contributed by atoms with Crippen molar-refractivity contribution >= 4 is 29.2 Å². The Morgan fingerprint density at radius 2 is 2.00 bits per heavy atom. The van der Waals surface area contributed by atoms with Gasteiger partial charge in [-0.2, -0.15) is 4.98 Å². The van der Waals surface area contributed by atoms with Crippen molar-refractivity contribution in [2.45, 2.75) is 20.3 Å². The summed E-state index contributed by atoms with van der Waals surface area (Å²) in [6, 6.07) is 7.10. The van der Waals surface area contributed by atoms with Crippen LogP contribution in [0.5, 0.6) is 5.88 Å². The van der Waals surface area contributed by atoms with Crippen LogP contribution in [0.15, 0.2) is 24.3 Å². The first kappa shape index (κ1) is 16.0. The average Bonchev–Trinajstić information content (AvgIpc) is 2.49. The lowest BCUT2D eigenvalue weighted by molar-refractivity contribution is -0.139. The number of halogens is 1. The van der Waals surface area contributed by atoms with E-state index in [0.29, 0.717) is 17.4 Å². The van der Waals surface area contributed by atoms with Crippen molar-refractivity contribution in [2.75, 3.05) is 11.9 Å². The van der Waals surface area contributed by atoms with Crippen LogP contribution in [-0.2, 0) is 11.2 Å². The van der Waals surface area contributed by atoms with E-state index in [1.165, 1.54) is 0 Å². The molecule has 1 aromatic heterocycles. The van der Waals surface area contributed by atoms with Crippen molar-refractivity contribution in [3.63, 3.8) is 0 Å². The molecule has 0 amide bonds. The second-order valence-electron chi connectivity index (χ2n) is 4.59. The standard InChI is InChI=1S/C15H16ClN3O3/c1-3-12-9(2)14(22-8-13(20)21)19-15(18-12)17-11-6-4-10(16)5-7-11/h4-7H,3,8H2,1-2H3,(H,20,21)(H,17,18,19). The number of nitrogens with zero attached hydrogens (tertiary/aromatic N) is 2. The first-order chi connectivity index (χ1) is 10.5. The van der Waals surface area contributed by atoms with E-state index in [1.807, 2.05) is 13.8 Å². The summed E-state index contributed by atoms with van der Waals surface area (Å²) >= 11 is 5.84. The van der Waals surface area contributed by atoms with Crippen LogP contribution < -0.4 is 10.1 Å². The number of anilines is 2. The third kappa shape index (κ3) is 4.08. The number of carboxylic acids is 1. The molecule has 0 saturated carbocycles. The molecule has 0 aliphatic rings. The minimum atomic E-state index is -1.05. The summed E-state index contributed by atoms with van der Waals surface area (Å²) in [6.07, 6.45) is 0.688. The highest BCUT2D eigenvalue weighted by Gasteiger charge is 2.12. The van der Waals surface area contributed by atoms with Gasteiger partial charge in [-0.1, -0.05) is 18.5 Å². The van der Waals surface area contributed by atoms with Gasteiger partial charge in [-0.3, -0.25) is 0 Å². The molecule has 0 atom stereocenters. The maximum atomic E-state index is 10.6. The van der Waals surface area contributed by atoms with Gasteiger partial charge in [0, 0.05) is 16.3 Å². The van der Waals surface area contributed by atoms with E-state index < -0.39 is 12.6 Å². The van der Waals surface area contributed by atoms with Crippen LogP contribution in [0.25, 0.3) is 0 Å². The van der Waals surface area contributed by atoms with E-state index in [-0.39, 0.29) is 5.88 Å². The van der Waals surface area contributed by atoms with Gasteiger partial charge in [-0.25, -0.2) is 9.78 Å². The number of rotatable bonds is 6. The molecule has 0 bridgehead atoms. The van der Waals surface area contributed by atoms with Gasteiger partial charge < -0.3 is 15.2 Å². The van der Waals surface area contributed by atoms with E-state index in [4.69, 9.17) is 21.4 Å². The number of aliphatic carboxylic acids is 1. The Kier molecular flexibility index (Phi) is 5.16. The van der Waals surface area contributed by atoms with Crippen LogP contribution in [-0.4, -0.2) is 27.7 Å². The molecule has 2 N–H and O–H groups in total. The predicted molar refractivity (Wildman–Crippen MR) is 84.0 cm³/mol. The Labute approximate surface area is 133 Å². The monoisotopic (exact) mass is 321 g/mol. The summed E-state index contributed by atoms with van der Waals surface area (Å²) in [5, 5.41) is 12.4. The Balaban J connectivity index is 2.28. The van der Waals surface area contributed by atoms with E-state index >= 15 is 0 Å². The maximum absolute atomic E-state index is 10.6. The minimum absolute atomic E-state index is 0.269. The lowest BCUT2D eigenvalue weighted by Gasteiger charge is -2.12. The lowest BCUT2D eigenvalue weighted by atomic mass is 10.2. The Morgan fingerprint density at radius 3 is 2.59 bits per heavy atom. The molecule has 0 aliphatic heterocycles. The predicted octanol–water partition coefficient (Wildman–Crippen LogP) is 3.21. The van der Waals surface area contributed by atoms with Crippen LogP contribution in [0.1, 0.15) is 18.2 Å². The highest BCUT2D eigenvalue weighted by atomic mass is 35.5. The molecule has 0 radical (unpaired) electrons. The third-order valence-electron chi connectivity index (χ3n) is 2.97. The van der Waals surface area contributed by atoms with Gasteiger partial charge in [0.25, 0.3) is 0 Å². The third-order valence-corrected chi connectivity index (χ3v) is 3.22. The minimum Gasteiger partial charge on any atom is -0.479 e. The fourth-order valence-electron chi connectivity index (χ4n) is 1.87. The zero-order valence-corrected chi connectivity index (χ0v) is 13.0. The first-order valence-corrected chi connectivity index (χ1v) is 7.12. The number of aromatic nitrogens is 2. The lowest BCUT2D eigenvalue weighted by Crippen LogP contribution is -2.13. The smallest absolute Gasteiger partial charge is 0.341 e. The van der Waals surface area contributed by atoms with E-state index in [2.05, 4.69) is 15.3 Å². The van der Waals surface area contributed by atoms with E-state index in [9.17, 15) is 4.79 Å². The molecule has 1 heterocycles. The van der Waals surface area contributed by atoms with Crippen LogP contribution in [0.2, 0.25) is 5.02 Å². The van der Waals surface area contributed by atoms with Gasteiger partial charge in [0.15, 0.2) is 6.61 Å². The Hall–Kier alpha value is -2.34. The van der Waals surface area contributed by atoms with Crippen LogP contribution in [0.4, 0.5) is 11.6 Å². The van der Waals surface area contributed by atoms with Gasteiger partial charge in [0.05, 0.1) is 5.69 Å². The highest BCUT2D eigenvalue weighted by Crippen LogP contribution is 2.23. The topological polar surface area (TPSA) is 84.3 Å². The fraction of sp³-hybridized carbons (Fsp3) is 0.267. The number of carbonyl (C=O) groups is 1. The summed E-state index contributed by atoms with van der Waals surface area (Å²) in [5.41, 5.74) is 2.32. The molecular weight excluding hydrogens is 306 g/mol. The average molecular weight is 322 g/mol. The molecule has 2 rings (SSSR count). The number of aryl methyl sites for hydroxylation is 1. The quantitative estimate of drug-likeness (QED) is 0.850. The molecule has 116 valence electrons. The number of hydrogen-bond donors (Lipinski definition) is 2. The zero-order chi connectivity index (χ0) is 16.1. The van der Waals surface area contributed by atoms with E-state index in [0.717, 1.165) is 16.9 Å². The van der Waals surface area contributed by atoms with Crippen LogP contribution in [0.3, 0.4) is 0 Å². The van der Waals surface area contributed by atoms with Crippen LogP contribution in [0, 0.1) is 6.92 Å². The molecule has 6 nitrogen and oxygen atoms in total. The van der Waals surface area contributed by atoms with E-state index in [1.54, 1.807) is 24.3 Å². The van der Waals surface area contributed by atoms with Gasteiger partial charge in [-0.15, -0.1) is 0 Å². The van der Waals surface area contributed by atoms with Gasteiger partial charge in [0.2, 0.25) is 11.8 Å². The number of hydrogen-bond acceptors (Lipinski definition) is 5. The second-order valence-corrected chi connectivity index (χ2v) is 5.03. The van der Waals surface area contributed by atoms with Gasteiger partial charge >= 0.3 is 5.97 Å². The van der Waals surface area contributed by atoms with Crippen molar-refractivity contribution in [2.24, 2.45) is 0 Å². The molecular formula is C15H16ClN3O3. The zero-order valence-electron chi connectivity index (χ0n) is 12.3. The molecule has 0 unspecified atom stereocenters. The summed E-state index contributed by atoms with van der Waals surface area (Å²) in [7, 11) is 0. The number of benzene rings is 1. The molecule has 0 saturated heterocycles. The van der Waals surface area contributed by atoms with Crippen molar-refractivity contribution < 1.29 is 14.6 Å². The van der Waals surface area contributed by atoms with Crippen molar-refractivity contribution in [1.82, 2.24) is 9.97 Å². The summed E-state index contributed by atoms with van der Waals surface area (Å²) in [5.74, 6) is -0.431. The molecule has 0 aliphatic carbocycles. The maximum Gasteiger partial charge on any atom is 0.341 e. The molecule has 0 fully saturated rings. The van der Waals surface area contributed by atoms with Crippen molar-refractivity contribution in [3.8, 4) is 5.88 Å². The second kappa shape index (κ2) is 7.09. The molecule has 22 heavy (non-hydrogen) atoms. The van der Waals surface area contributed by atoms with Gasteiger partial charge in [-0.05, 0) is 37.6 Å². The Bertz CT molecular complexity index is 674. The normalized spacial score (nSPS) is 10.3. The first-order valence-electron chi connectivity index (χ1n) is 6.74. The fourth-order valence-corrected chi connectivity index (χ4v) is 2.00. The van der Waals surface area contributed by atoms with Crippen molar-refractivity contribution in [1.29, 1.82) is 0 Å². The van der Waals surface area contributed by atoms with Gasteiger partial charge in [0.1, 0.15) is 0 Å². The molecule has 2 aromatic rings.